The van der Waals surface area contributed by atoms with Crippen LogP contribution in [-0.2, 0) is 14.3 Å². The third kappa shape index (κ3) is 1.60. The number of amides is 2. The molecule has 114 valence electrons. The van der Waals surface area contributed by atoms with Gasteiger partial charge in [-0.1, -0.05) is 18.2 Å². The number of halogens is 1. The van der Waals surface area contributed by atoms with E-state index in [2.05, 4.69) is 22.6 Å². The third-order valence-electron chi connectivity index (χ3n) is 4.87. The van der Waals surface area contributed by atoms with Gasteiger partial charge in [-0.25, -0.2) is 4.90 Å². The van der Waals surface area contributed by atoms with E-state index in [4.69, 9.17) is 4.74 Å². The number of carbonyl (C=O) groups is 2. The smallest absolute Gasteiger partial charge is 0.241 e. The summed E-state index contributed by atoms with van der Waals surface area (Å²) in [5, 5.41) is 9.75. The molecule has 5 nitrogen and oxygen atoms in total. The van der Waals surface area contributed by atoms with E-state index in [9.17, 15) is 14.7 Å². The Morgan fingerprint density at radius 3 is 2.68 bits per heavy atom. The van der Waals surface area contributed by atoms with Crippen LogP contribution in [0.25, 0.3) is 0 Å². The fraction of sp³-hybridized carbons (Fsp3) is 0.375. The van der Waals surface area contributed by atoms with Gasteiger partial charge in [-0.05, 0) is 47.7 Å². The molecular weight excluding hydrogens is 397 g/mol. The Labute approximate surface area is 141 Å². The molecule has 2 saturated heterocycles. The minimum absolute atomic E-state index is 0.251. The van der Waals surface area contributed by atoms with Crippen molar-refractivity contribution >= 4 is 40.1 Å². The predicted octanol–water partition coefficient (Wildman–Crippen LogP) is 1.49. The van der Waals surface area contributed by atoms with Crippen molar-refractivity contribution in [1.82, 2.24) is 0 Å². The maximum Gasteiger partial charge on any atom is 0.241 e. The van der Waals surface area contributed by atoms with Crippen molar-refractivity contribution in [3.63, 3.8) is 0 Å². The standard InChI is InChI=1S/C16H14INO4/c1-15-5-6-16(8-19,22-15)12-11(15)13(20)18(14(12)21)10-4-2-3-9(17)7-10/h2-7,11-12,19H,8H2,1H3/t11-,12-,15+,16+/m1/s1. The molecule has 1 aromatic rings. The highest BCUT2D eigenvalue weighted by Gasteiger charge is 2.72. The average Bonchev–Trinajstić information content (AvgIpc) is 3.05. The minimum atomic E-state index is -1.07. The average molecular weight is 411 g/mol. The summed E-state index contributed by atoms with van der Waals surface area (Å²) in [6.07, 6.45) is 3.53. The molecule has 3 heterocycles. The zero-order valence-electron chi connectivity index (χ0n) is 11.8. The molecule has 2 fully saturated rings. The van der Waals surface area contributed by atoms with Crippen molar-refractivity contribution in [2.75, 3.05) is 11.5 Å². The molecule has 22 heavy (non-hydrogen) atoms. The summed E-state index contributed by atoms with van der Waals surface area (Å²) in [6.45, 7) is 1.49. The number of imide groups is 1. The Morgan fingerprint density at radius 2 is 2.00 bits per heavy atom. The van der Waals surface area contributed by atoms with Gasteiger partial charge in [0.1, 0.15) is 5.60 Å². The van der Waals surface area contributed by atoms with E-state index >= 15 is 0 Å². The van der Waals surface area contributed by atoms with Crippen LogP contribution in [-0.4, -0.2) is 34.7 Å². The maximum absolute atomic E-state index is 12.9. The van der Waals surface area contributed by atoms with Crippen LogP contribution in [0.2, 0.25) is 0 Å². The highest BCUT2D eigenvalue weighted by atomic mass is 127. The van der Waals surface area contributed by atoms with Crippen LogP contribution in [0, 0.1) is 15.4 Å². The summed E-state index contributed by atoms with van der Waals surface area (Å²) in [7, 11) is 0. The number of benzene rings is 1. The maximum atomic E-state index is 12.9. The number of carbonyl (C=O) groups excluding carboxylic acids is 2. The second-order valence-electron chi connectivity index (χ2n) is 6.18. The van der Waals surface area contributed by atoms with Crippen molar-refractivity contribution in [2.24, 2.45) is 11.8 Å². The molecule has 3 aliphatic heterocycles. The van der Waals surface area contributed by atoms with E-state index in [0.29, 0.717) is 5.69 Å². The SMILES string of the molecule is C[C@@]12C=C[C@@](CO)(O1)[C@H]1C(=O)N(c3cccc(I)c3)C(=O)[C@@H]12. The largest absolute Gasteiger partial charge is 0.393 e. The number of ether oxygens (including phenoxy) is 1. The predicted molar refractivity (Wildman–Crippen MR) is 87.1 cm³/mol. The lowest BCUT2D eigenvalue weighted by Gasteiger charge is -2.27. The summed E-state index contributed by atoms with van der Waals surface area (Å²) in [5.41, 5.74) is -1.31. The molecule has 0 radical (unpaired) electrons. The fourth-order valence-corrected chi connectivity index (χ4v) is 4.44. The molecule has 2 bridgehead atoms. The Balaban J connectivity index is 1.82. The first-order chi connectivity index (χ1) is 10.4. The van der Waals surface area contributed by atoms with Gasteiger partial charge in [-0.3, -0.25) is 9.59 Å². The molecule has 0 unspecified atom stereocenters. The van der Waals surface area contributed by atoms with Gasteiger partial charge in [0.25, 0.3) is 0 Å². The molecule has 0 spiro atoms. The molecule has 0 aliphatic carbocycles. The second-order valence-corrected chi connectivity index (χ2v) is 7.43. The lowest BCUT2D eigenvalue weighted by Crippen LogP contribution is -2.43. The van der Waals surface area contributed by atoms with Gasteiger partial charge in [-0.15, -0.1) is 0 Å². The first kappa shape index (κ1) is 14.3. The monoisotopic (exact) mass is 411 g/mol. The van der Waals surface area contributed by atoms with E-state index in [1.54, 1.807) is 25.1 Å². The quantitative estimate of drug-likeness (QED) is 0.455. The Morgan fingerprint density at radius 1 is 1.27 bits per heavy atom. The van der Waals surface area contributed by atoms with Gasteiger partial charge in [0, 0.05) is 3.57 Å². The van der Waals surface area contributed by atoms with E-state index in [0.717, 1.165) is 3.57 Å². The lowest BCUT2D eigenvalue weighted by molar-refractivity contribution is -0.131. The van der Waals surface area contributed by atoms with Crippen molar-refractivity contribution in [3.8, 4) is 0 Å². The van der Waals surface area contributed by atoms with Gasteiger partial charge in [-0.2, -0.15) is 0 Å². The topological polar surface area (TPSA) is 66.8 Å². The Kier molecular flexibility index (Phi) is 2.87. The molecule has 3 aliphatic rings. The number of hydrogen-bond donors (Lipinski definition) is 1. The van der Waals surface area contributed by atoms with Crippen molar-refractivity contribution in [1.29, 1.82) is 0 Å². The number of aliphatic hydroxyl groups excluding tert-OH is 1. The number of fused-ring (bicyclic) bond motifs is 5. The summed E-state index contributed by atoms with van der Waals surface area (Å²) in [4.78, 5) is 27.0. The molecule has 1 N–H and O–H groups in total. The number of anilines is 1. The minimum Gasteiger partial charge on any atom is -0.393 e. The molecule has 2 amide bonds. The van der Waals surface area contributed by atoms with Crippen LogP contribution in [0.1, 0.15) is 6.92 Å². The number of aliphatic hydroxyl groups is 1. The van der Waals surface area contributed by atoms with Crippen LogP contribution in [0.15, 0.2) is 36.4 Å². The molecule has 0 aromatic heterocycles. The lowest BCUT2D eigenvalue weighted by atomic mass is 9.73. The van der Waals surface area contributed by atoms with Crippen LogP contribution in [0.3, 0.4) is 0 Å². The molecule has 4 atom stereocenters. The second kappa shape index (κ2) is 4.39. The first-order valence-corrected chi connectivity index (χ1v) is 8.14. The van der Waals surface area contributed by atoms with Gasteiger partial charge in [0.05, 0.1) is 29.7 Å². The molecular formula is C16H14INO4. The van der Waals surface area contributed by atoms with Crippen molar-refractivity contribution in [2.45, 2.75) is 18.1 Å². The van der Waals surface area contributed by atoms with Gasteiger partial charge < -0.3 is 9.84 Å². The number of rotatable bonds is 2. The van der Waals surface area contributed by atoms with E-state index in [1.165, 1.54) is 4.90 Å². The zero-order chi connectivity index (χ0) is 15.7. The van der Waals surface area contributed by atoms with E-state index in [-0.39, 0.29) is 18.4 Å². The number of hydrogen-bond acceptors (Lipinski definition) is 4. The first-order valence-electron chi connectivity index (χ1n) is 7.07. The van der Waals surface area contributed by atoms with Crippen LogP contribution >= 0.6 is 22.6 Å². The van der Waals surface area contributed by atoms with Gasteiger partial charge in [0.2, 0.25) is 11.8 Å². The van der Waals surface area contributed by atoms with Crippen molar-refractivity contribution < 1.29 is 19.4 Å². The van der Waals surface area contributed by atoms with Crippen molar-refractivity contribution in [3.05, 3.63) is 40.0 Å². The van der Waals surface area contributed by atoms with E-state index < -0.39 is 23.0 Å². The molecule has 0 saturated carbocycles. The molecule has 4 rings (SSSR count). The molecule has 6 heteroatoms. The van der Waals surface area contributed by atoms with Crippen LogP contribution < -0.4 is 4.90 Å². The van der Waals surface area contributed by atoms with Gasteiger partial charge >= 0.3 is 0 Å². The zero-order valence-corrected chi connectivity index (χ0v) is 14.0. The van der Waals surface area contributed by atoms with E-state index in [1.807, 2.05) is 18.2 Å². The molecule has 1 aromatic carbocycles. The van der Waals surface area contributed by atoms with Crippen LogP contribution in [0.4, 0.5) is 5.69 Å². The summed E-state index contributed by atoms with van der Waals surface area (Å²) in [5.74, 6) is -1.77. The van der Waals surface area contributed by atoms with Gasteiger partial charge in [0.15, 0.2) is 0 Å². The Hall–Kier alpha value is -1.25. The summed E-state index contributed by atoms with van der Waals surface area (Å²) in [6, 6.07) is 7.28. The Bertz CT molecular complexity index is 733. The van der Waals surface area contributed by atoms with Crippen LogP contribution in [0.5, 0.6) is 0 Å². The third-order valence-corrected chi connectivity index (χ3v) is 5.54. The summed E-state index contributed by atoms with van der Waals surface area (Å²) >= 11 is 2.15. The highest BCUT2D eigenvalue weighted by molar-refractivity contribution is 14.1. The normalized spacial score (nSPS) is 39.0. The summed E-state index contributed by atoms with van der Waals surface area (Å²) < 4.78 is 6.83. The highest BCUT2D eigenvalue weighted by Crippen LogP contribution is 2.57. The number of nitrogens with zero attached hydrogens (tertiary/aromatic N) is 1. The fourth-order valence-electron chi connectivity index (χ4n) is 3.91.